The normalized spacial score (nSPS) is 18.6. The summed E-state index contributed by atoms with van der Waals surface area (Å²) in [5.74, 6) is -0.774. The number of hydrogen-bond donors (Lipinski definition) is 0. The van der Waals surface area contributed by atoms with Crippen LogP contribution in [-0.4, -0.2) is 23.9 Å². The smallest absolute Gasteiger partial charge is 0.276 e. The second-order valence-electron chi connectivity index (χ2n) is 3.86. The minimum Gasteiger partial charge on any atom is -0.344 e. The first kappa shape index (κ1) is 11.8. The fraction of sp³-hybridized carbons (Fsp3) is 0.333. The van der Waals surface area contributed by atoms with Gasteiger partial charge in [0.1, 0.15) is 0 Å². The van der Waals surface area contributed by atoms with Crippen molar-refractivity contribution in [3.05, 3.63) is 46.0 Å². The molecule has 0 spiro atoms. The van der Waals surface area contributed by atoms with Crippen molar-refractivity contribution < 1.29 is 14.4 Å². The van der Waals surface area contributed by atoms with Crippen LogP contribution in [0.2, 0.25) is 0 Å². The molecular weight excluding hydrogens is 222 g/mol. The van der Waals surface area contributed by atoms with E-state index in [-0.39, 0.29) is 5.69 Å². The summed E-state index contributed by atoms with van der Waals surface area (Å²) in [5, 5.41) is 10.8. The number of nitrogens with zero attached hydrogens (tertiary/aromatic N) is 1. The van der Waals surface area contributed by atoms with Gasteiger partial charge in [-0.1, -0.05) is 12.1 Å². The van der Waals surface area contributed by atoms with Gasteiger partial charge in [-0.05, 0) is 25.1 Å². The van der Waals surface area contributed by atoms with Crippen LogP contribution >= 0.6 is 0 Å². The predicted octanol–water partition coefficient (Wildman–Crippen LogP) is 2.37. The van der Waals surface area contributed by atoms with Gasteiger partial charge in [-0.15, -0.1) is 0 Å². The van der Waals surface area contributed by atoms with E-state index in [1.54, 1.807) is 37.3 Å². The summed E-state index contributed by atoms with van der Waals surface area (Å²) in [4.78, 5) is 10.4. The average Bonchev–Trinajstić information content (AvgIpc) is 2.74. The molecule has 5 nitrogen and oxygen atoms in total. The van der Waals surface area contributed by atoms with Gasteiger partial charge in [0, 0.05) is 6.07 Å². The third kappa shape index (κ3) is 2.69. The van der Waals surface area contributed by atoms with Gasteiger partial charge in [0.2, 0.25) is 0 Å². The number of nitro benzene ring substituents is 1. The van der Waals surface area contributed by atoms with Crippen molar-refractivity contribution in [3.63, 3.8) is 0 Å². The van der Waals surface area contributed by atoms with E-state index < -0.39 is 10.7 Å². The molecular formula is C12H13NO4. The van der Waals surface area contributed by atoms with E-state index in [4.69, 9.17) is 9.47 Å². The third-order valence-corrected chi connectivity index (χ3v) is 2.56. The molecule has 0 bridgehead atoms. The molecule has 0 saturated carbocycles. The molecule has 1 aliphatic heterocycles. The van der Waals surface area contributed by atoms with Gasteiger partial charge in [0.15, 0.2) is 5.79 Å². The van der Waals surface area contributed by atoms with Gasteiger partial charge in [-0.2, -0.15) is 0 Å². The van der Waals surface area contributed by atoms with Gasteiger partial charge >= 0.3 is 0 Å². The second kappa shape index (κ2) is 4.65. The van der Waals surface area contributed by atoms with E-state index in [1.165, 1.54) is 6.07 Å². The monoisotopic (exact) mass is 235 g/mol. The number of benzene rings is 1. The molecule has 0 amide bonds. The molecule has 1 fully saturated rings. The number of hydrogen-bond acceptors (Lipinski definition) is 4. The highest BCUT2D eigenvalue weighted by Crippen LogP contribution is 2.24. The SMILES string of the molecule is CC1(C=Cc2ccccc2[N+](=O)[O-])OCCO1. The molecule has 0 aliphatic carbocycles. The minimum atomic E-state index is -0.774. The maximum Gasteiger partial charge on any atom is 0.276 e. The minimum absolute atomic E-state index is 0.0744. The molecule has 1 saturated heterocycles. The molecule has 0 aromatic heterocycles. The Balaban J connectivity index is 2.23. The van der Waals surface area contributed by atoms with Crippen molar-refractivity contribution >= 4 is 11.8 Å². The molecule has 0 N–H and O–H groups in total. The molecule has 2 rings (SSSR count). The zero-order valence-corrected chi connectivity index (χ0v) is 9.46. The topological polar surface area (TPSA) is 61.6 Å². The van der Waals surface area contributed by atoms with Crippen molar-refractivity contribution in [2.75, 3.05) is 13.2 Å². The van der Waals surface area contributed by atoms with Gasteiger partial charge in [-0.3, -0.25) is 10.1 Å². The van der Waals surface area contributed by atoms with E-state index in [0.29, 0.717) is 18.8 Å². The summed E-state index contributed by atoms with van der Waals surface area (Å²) < 4.78 is 10.8. The molecule has 0 unspecified atom stereocenters. The van der Waals surface area contributed by atoms with Crippen LogP contribution in [0, 0.1) is 10.1 Å². The lowest BCUT2D eigenvalue weighted by Crippen LogP contribution is -2.21. The van der Waals surface area contributed by atoms with Gasteiger partial charge < -0.3 is 9.47 Å². The quantitative estimate of drug-likeness (QED) is 0.596. The Morgan fingerprint density at radius 1 is 1.35 bits per heavy atom. The fourth-order valence-electron chi connectivity index (χ4n) is 1.66. The van der Waals surface area contributed by atoms with Crippen LogP contribution in [0.3, 0.4) is 0 Å². The Hall–Kier alpha value is -1.72. The van der Waals surface area contributed by atoms with Crippen LogP contribution in [0.5, 0.6) is 0 Å². The fourth-order valence-corrected chi connectivity index (χ4v) is 1.66. The first-order valence-electron chi connectivity index (χ1n) is 5.31. The van der Waals surface area contributed by atoms with Crippen molar-refractivity contribution in [1.82, 2.24) is 0 Å². The number of rotatable bonds is 3. The van der Waals surface area contributed by atoms with Crippen LogP contribution in [0.25, 0.3) is 6.08 Å². The van der Waals surface area contributed by atoms with Crippen LogP contribution in [0.1, 0.15) is 12.5 Å². The highest BCUT2D eigenvalue weighted by Gasteiger charge is 2.27. The van der Waals surface area contributed by atoms with Gasteiger partial charge in [0.05, 0.1) is 23.7 Å². The lowest BCUT2D eigenvalue weighted by atomic mass is 10.1. The summed E-state index contributed by atoms with van der Waals surface area (Å²) in [6.45, 7) is 2.86. The maximum atomic E-state index is 10.8. The first-order valence-corrected chi connectivity index (χ1v) is 5.31. The summed E-state index contributed by atoms with van der Waals surface area (Å²) in [5.41, 5.74) is 0.614. The van der Waals surface area contributed by atoms with Crippen molar-refractivity contribution in [2.24, 2.45) is 0 Å². The molecule has 1 aliphatic rings. The molecule has 1 heterocycles. The maximum absolute atomic E-state index is 10.8. The molecule has 5 heteroatoms. The summed E-state index contributed by atoms with van der Waals surface area (Å²) in [7, 11) is 0. The van der Waals surface area contributed by atoms with E-state index in [0.717, 1.165) is 0 Å². The van der Waals surface area contributed by atoms with E-state index in [9.17, 15) is 10.1 Å². The largest absolute Gasteiger partial charge is 0.344 e. The molecule has 90 valence electrons. The number of ether oxygens (including phenoxy) is 2. The van der Waals surface area contributed by atoms with Crippen LogP contribution in [0.15, 0.2) is 30.3 Å². The number of para-hydroxylation sites is 1. The zero-order chi connectivity index (χ0) is 12.3. The van der Waals surface area contributed by atoms with Gasteiger partial charge in [-0.25, -0.2) is 0 Å². The predicted molar refractivity (Wildman–Crippen MR) is 62.4 cm³/mol. The highest BCUT2D eigenvalue weighted by atomic mass is 16.7. The number of nitro groups is 1. The Morgan fingerprint density at radius 3 is 2.65 bits per heavy atom. The Labute approximate surface area is 98.8 Å². The molecule has 1 aromatic rings. The average molecular weight is 235 g/mol. The highest BCUT2D eigenvalue weighted by molar-refractivity contribution is 5.61. The summed E-state index contributed by atoms with van der Waals surface area (Å²) in [6.07, 6.45) is 3.35. The molecule has 0 radical (unpaired) electrons. The van der Waals surface area contributed by atoms with Crippen molar-refractivity contribution in [1.29, 1.82) is 0 Å². The van der Waals surface area contributed by atoms with Crippen LogP contribution in [-0.2, 0) is 9.47 Å². The van der Waals surface area contributed by atoms with Crippen LogP contribution < -0.4 is 0 Å². The Morgan fingerprint density at radius 2 is 2.00 bits per heavy atom. The lowest BCUT2D eigenvalue weighted by molar-refractivity contribution is -0.385. The molecule has 0 atom stereocenters. The second-order valence-corrected chi connectivity index (χ2v) is 3.86. The lowest BCUT2D eigenvalue weighted by Gasteiger charge is -2.16. The van der Waals surface area contributed by atoms with Crippen LogP contribution in [0.4, 0.5) is 5.69 Å². The summed E-state index contributed by atoms with van der Waals surface area (Å²) >= 11 is 0. The van der Waals surface area contributed by atoms with Crippen molar-refractivity contribution in [3.8, 4) is 0 Å². The van der Waals surface area contributed by atoms with E-state index in [1.807, 2.05) is 0 Å². The van der Waals surface area contributed by atoms with E-state index >= 15 is 0 Å². The van der Waals surface area contributed by atoms with Crippen molar-refractivity contribution in [2.45, 2.75) is 12.7 Å². The third-order valence-electron chi connectivity index (χ3n) is 2.56. The Kier molecular flexibility index (Phi) is 3.21. The molecule has 1 aromatic carbocycles. The van der Waals surface area contributed by atoms with E-state index in [2.05, 4.69) is 0 Å². The zero-order valence-electron chi connectivity index (χ0n) is 9.46. The summed E-state index contributed by atoms with van der Waals surface area (Å²) in [6, 6.07) is 6.55. The molecule has 17 heavy (non-hydrogen) atoms. The standard InChI is InChI=1S/C12H13NO4/c1-12(16-8-9-17-12)7-6-10-4-2-3-5-11(10)13(14)15/h2-7H,8-9H2,1H3. The van der Waals surface area contributed by atoms with Gasteiger partial charge in [0.25, 0.3) is 5.69 Å². The Bertz CT molecular complexity index is 450. The first-order chi connectivity index (χ1) is 8.11.